The van der Waals surface area contributed by atoms with Gasteiger partial charge >= 0.3 is 5.97 Å². The minimum atomic E-state index is -0.419. The van der Waals surface area contributed by atoms with E-state index in [0.717, 1.165) is 15.8 Å². The second-order valence-electron chi connectivity index (χ2n) is 6.36. The number of aromatic nitrogens is 1. The number of carbonyl (C=O) groups excluding carboxylic acids is 2. The summed E-state index contributed by atoms with van der Waals surface area (Å²) in [5.41, 5.74) is 2.07. The van der Waals surface area contributed by atoms with Crippen molar-refractivity contribution >= 4 is 39.5 Å². The number of esters is 1. The number of nitrogens with zero attached hydrogens (tertiary/aromatic N) is 2. The number of methoxy groups -OCH3 is 3. The molecule has 1 aromatic heterocycles. The van der Waals surface area contributed by atoms with Gasteiger partial charge in [0.1, 0.15) is 0 Å². The molecule has 2 aromatic carbocycles. The van der Waals surface area contributed by atoms with Gasteiger partial charge in [0, 0.05) is 12.6 Å². The van der Waals surface area contributed by atoms with Crippen molar-refractivity contribution in [2.75, 3.05) is 21.3 Å². The lowest BCUT2D eigenvalue weighted by molar-refractivity contribution is -0.113. The summed E-state index contributed by atoms with van der Waals surface area (Å²) in [4.78, 5) is 29.1. The van der Waals surface area contributed by atoms with Crippen LogP contribution in [0.25, 0.3) is 16.3 Å². The summed E-state index contributed by atoms with van der Waals surface area (Å²) >= 11 is 1.32. The molecule has 3 rings (SSSR count). The van der Waals surface area contributed by atoms with Crippen molar-refractivity contribution in [1.29, 1.82) is 0 Å². The first-order valence-corrected chi connectivity index (χ1v) is 10.1. The Morgan fingerprint density at radius 1 is 1.10 bits per heavy atom. The zero-order valence-corrected chi connectivity index (χ0v) is 18.3. The molecule has 0 saturated heterocycles. The summed E-state index contributed by atoms with van der Waals surface area (Å²) < 4.78 is 18.0. The standard InChI is InChI=1S/C23H22N2O5S/c1-5-12-25-17-9-8-16(22(27)30-4)14-20(17)31-23(25)24-21(26)11-7-15-6-10-18(28-2)19(13-15)29-3/h5-11,13-14H,1,12H2,2-4H3. The lowest BCUT2D eigenvalue weighted by Crippen LogP contribution is -2.15. The minimum Gasteiger partial charge on any atom is -0.493 e. The van der Waals surface area contributed by atoms with Crippen LogP contribution in [0.4, 0.5) is 0 Å². The molecule has 0 unspecified atom stereocenters. The van der Waals surface area contributed by atoms with Gasteiger partial charge in [-0.1, -0.05) is 23.5 Å². The maximum atomic E-state index is 12.5. The van der Waals surface area contributed by atoms with E-state index in [-0.39, 0.29) is 0 Å². The Bertz CT molecular complexity index is 1240. The first kappa shape index (κ1) is 22.0. The number of hydrogen-bond acceptors (Lipinski definition) is 6. The number of benzene rings is 2. The Labute approximate surface area is 183 Å². The van der Waals surface area contributed by atoms with Gasteiger partial charge in [0.15, 0.2) is 16.3 Å². The molecule has 0 aliphatic heterocycles. The SMILES string of the molecule is C=CCn1c(=NC(=O)C=Cc2ccc(OC)c(OC)c2)sc2cc(C(=O)OC)ccc21. The second kappa shape index (κ2) is 9.90. The van der Waals surface area contributed by atoms with Gasteiger partial charge < -0.3 is 18.8 Å². The molecule has 1 amide bonds. The molecule has 0 N–H and O–H groups in total. The quantitative estimate of drug-likeness (QED) is 0.318. The van der Waals surface area contributed by atoms with Crippen molar-refractivity contribution < 1.29 is 23.8 Å². The summed E-state index contributed by atoms with van der Waals surface area (Å²) in [5, 5.41) is 0. The van der Waals surface area contributed by atoms with Gasteiger partial charge in [-0.2, -0.15) is 4.99 Å². The number of carbonyl (C=O) groups is 2. The van der Waals surface area contributed by atoms with E-state index in [9.17, 15) is 9.59 Å². The van der Waals surface area contributed by atoms with Crippen LogP contribution in [-0.2, 0) is 16.1 Å². The number of fused-ring (bicyclic) bond motifs is 1. The Morgan fingerprint density at radius 3 is 2.55 bits per heavy atom. The molecule has 160 valence electrons. The Kier molecular flexibility index (Phi) is 7.04. The van der Waals surface area contributed by atoms with Crippen LogP contribution in [0.5, 0.6) is 11.5 Å². The van der Waals surface area contributed by atoms with E-state index in [1.807, 2.05) is 16.7 Å². The lowest BCUT2D eigenvalue weighted by Gasteiger charge is -2.07. The summed E-state index contributed by atoms with van der Waals surface area (Å²) in [6, 6.07) is 10.6. The predicted molar refractivity (Wildman–Crippen MR) is 121 cm³/mol. The van der Waals surface area contributed by atoms with E-state index in [0.29, 0.717) is 28.4 Å². The van der Waals surface area contributed by atoms with Crippen molar-refractivity contribution in [3.05, 3.63) is 71.1 Å². The van der Waals surface area contributed by atoms with Gasteiger partial charge in [0.2, 0.25) is 0 Å². The molecule has 7 nitrogen and oxygen atoms in total. The maximum Gasteiger partial charge on any atom is 0.337 e. The number of ether oxygens (including phenoxy) is 3. The van der Waals surface area contributed by atoms with Crippen LogP contribution < -0.4 is 14.3 Å². The minimum absolute atomic E-state index is 0.410. The molecule has 0 aliphatic rings. The second-order valence-corrected chi connectivity index (χ2v) is 7.36. The zero-order chi connectivity index (χ0) is 22.4. The third-order valence-corrected chi connectivity index (χ3v) is 5.49. The van der Waals surface area contributed by atoms with Crippen LogP contribution in [0.15, 0.2) is 60.1 Å². The van der Waals surface area contributed by atoms with Crippen molar-refractivity contribution in [2.24, 2.45) is 4.99 Å². The molecule has 0 saturated carbocycles. The smallest absolute Gasteiger partial charge is 0.337 e. The molecule has 31 heavy (non-hydrogen) atoms. The molecule has 0 radical (unpaired) electrons. The highest BCUT2D eigenvalue weighted by molar-refractivity contribution is 7.16. The van der Waals surface area contributed by atoms with Gasteiger partial charge in [0.25, 0.3) is 5.91 Å². The topological polar surface area (TPSA) is 79.1 Å². The monoisotopic (exact) mass is 438 g/mol. The third-order valence-electron chi connectivity index (χ3n) is 4.45. The van der Waals surface area contributed by atoms with Crippen LogP contribution in [0.2, 0.25) is 0 Å². The van der Waals surface area contributed by atoms with Gasteiger partial charge in [-0.3, -0.25) is 4.79 Å². The number of amides is 1. The molecular weight excluding hydrogens is 416 g/mol. The summed E-state index contributed by atoms with van der Waals surface area (Å²) in [6.07, 6.45) is 4.78. The molecule has 0 fully saturated rings. The van der Waals surface area contributed by atoms with Gasteiger partial charge in [-0.05, 0) is 42.0 Å². The van der Waals surface area contributed by atoms with E-state index in [4.69, 9.17) is 14.2 Å². The number of hydrogen-bond donors (Lipinski definition) is 0. The fourth-order valence-electron chi connectivity index (χ4n) is 2.96. The number of rotatable bonds is 7. The fourth-order valence-corrected chi connectivity index (χ4v) is 4.05. The van der Waals surface area contributed by atoms with Crippen molar-refractivity contribution in [1.82, 2.24) is 4.57 Å². The highest BCUT2D eigenvalue weighted by Gasteiger charge is 2.11. The Balaban J connectivity index is 1.95. The number of thiazole rings is 1. The van der Waals surface area contributed by atoms with E-state index in [1.54, 1.807) is 50.6 Å². The van der Waals surface area contributed by atoms with E-state index in [2.05, 4.69) is 11.6 Å². The predicted octanol–water partition coefficient (Wildman–Crippen LogP) is 3.83. The van der Waals surface area contributed by atoms with Crippen molar-refractivity contribution in [2.45, 2.75) is 6.54 Å². The summed E-state index contributed by atoms with van der Waals surface area (Å²) in [7, 11) is 4.45. The van der Waals surface area contributed by atoms with E-state index in [1.165, 1.54) is 24.5 Å². The lowest BCUT2D eigenvalue weighted by atomic mass is 10.2. The fraction of sp³-hybridized carbons (Fsp3) is 0.174. The normalized spacial score (nSPS) is 11.6. The van der Waals surface area contributed by atoms with Gasteiger partial charge in [0.05, 0.1) is 37.1 Å². The van der Waals surface area contributed by atoms with E-state index < -0.39 is 11.9 Å². The van der Waals surface area contributed by atoms with Crippen molar-refractivity contribution in [3.63, 3.8) is 0 Å². The van der Waals surface area contributed by atoms with Crippen LogP contribution in [-0.4, -0.2) is 37.8 Å². The summed E-state index contributed by atoms with van der Waals surface area (Å²) in [6.45, 7) is 4.25. The molecule has 0 aliphatic carbocycles. The Hall–Kier alpha value is -3.65. The average Bonchev–Trinajstić information content (AvgIpc) is 3.13. The van der Waals surface area contributed by atoms with E-state index >= 15 is 0 Å². The number of allylic oxidation sites excluding steroid dienone is 1. The highest BCUT2D eigenvalue weighted by Crippen LogP contribution is 2.28. The molecule has 8 heteroatoms. The molecular formula is C23H22N2O5S. The summed E-state index contributed by atoms with van der Waals surface area (Å²) in [5.74, 6) is 0.354. The van der Waals surface area contributed by atoms with Gasteiger partial charge in [-0.25, -0.2) is 4.79 Å². The third kappa shape index (κ3) is 4.92. The molecule has 0 atom stereocenters. The molecule has 0 bridgehead atoms. The average molecular weight is 439 g/mol. The zero-order valence-electron chi connectivity index (χ0n) is 17.5. The first-order chi connectivity index (χ1) is 15.0. The highest BCUT2D eigenvalue weighted by atomic mass is 32.1. The molecule has 0 spiro atoms. The Morgan fingerprint density at radius 2 is 1.87 bits per heavy atom. The molecule has 1 heterocycles. The van der Waals surface area contributed by atoms with Crippen LogP contribution >= 0.6 is 11.3 Å². The van der Waals surface area contributed by atoms with Crippen molar-refractivity contribution in [3.8, 4) is 11.5 Å². The van der Waals surface area contributed by atoms with Crippen LogP contribution in [0.3, 0.4) is 0 Å². The van der Waals surface area contributed by atoms with Crippen LogP contribution in [0, 0.1) is 0 Å². The maximum absolute atomic E-state index is 12.5. The van der Waals surface area contributed by atoms with Gasteiger partial charge in [-0.15, -0.1) is 6.58 Å². The largest absolute Gasteiger partial charge is 0.493 e. The molecule has 3 aromatic rings. The first-order valence-electron chi connectivity index (χ1n) is 9.32. The van der Waals surface area contributed by atoms with Crippen LogP contribution in [0.1, 0.15) is 15.9 Å².